The summed E-state index contributed by atoms with van der Waals surface area (Å²) in [6.45, 7) is 4.06. The molecular formula is C44H84O14P2. The number of unbranched alkanes of at least 4 members (excludes halogenated alkanes) is 20. The van der Waals surface area contributed by atoms with Crippen LogP contribution >= 0.6 is 15.6 Å². The highest BCUT2D eigenvalue weighted by Crippen LogP contribution is 2.44. The predicted octanol–water partition coefficient (Wildman–Crippen LogP) is 11.0. The van der Waals surface area contributed by atoms with Crippen LogP contribution in [-0.2, 0) is 46.5 Å². The number of epoxide rings is 1. The number of rotatable bonds is 43. The van der Waals surface area contributed by atoms with Crippen LogP contribution in [0.4, 0.5) is 0 Å². The summed E-state index contributed by atoms with van der Waals surface area (Å²) < 4.78 is 53.7. The van der Waals surface area contributed by atoms with E-state index in [0.29, 0.717) is 25.0 Å². The molecule has 60 heavy (non-hydrogen) atoms. The van der Waals surface area contributed by atoms with Gasteiger partial charge in [0.15, 0.2) is 6.10 Å². The topological polar surface area (TPSA) is 208 Å². The van der Waals surface area contributed by atoms with Crippen LogP contribution in [0.25, 0.3) is 0 Å². The van der Waals surface area contributed by atoms with E-state index in [4.69, 9.17) is 33.0 Å². The molecule has 1 fully saturated rings. The van der Waals surface area contributed by atoms with E-state index in [2.05, 4.69) is 37.4 Å². The van der Waals surface area contributed by atoms with E-state index in [-0.39, 0.29) is 19.4 Å². The SMILES string of the molecule is CCCCC/C=C\CC1OC1CCCCCCCC(=O)O[C@H](COC(=O)CCCCCCCCCCCCCCCCC(C)C)COP(=O)(O)OC[C@@H](O)COP(=O)(O)O. The van der Waals surface area contributed by atoms with Gasteiger partial charge >= 0.3 is 27.6 Å². The van der Waals surface area contributed by atoms with Crippen molar-refractivity contribution in [2.24, 2.45) is 5.92 Å². The van der Waals surface area contributed by atoms with E-state index in [0.717, 1.165) is 70.1 Å². The Hall–Kier alpha value is -1.18. The molecular weight excluding hydrogens is 814 g/mol. The van der Waals surface area contributed by atoms with Crippen LogP contribution in [0.1, 0.15) is 201 Å². The Kier molecular flexibility index (Phi) is 34.3. The Morgan fingerprint density at radius 3 is 1.70 bits per heavy atom. The van der Waals surface area contributed by atoms with Gasteiger partial charge in [0.25, 0.3) is 0 Å². The number of esters is 2. The van der Waals surface area contributed by atoms with Gasteiger partial charge in [-0.15, -0.1) is 0 Å². The molecule has 14 nitrogen and oxygen atoms in total. The van der Waals surface area contributed by atoms with Crippen LogP contribution in [0.5, 0.6) is 0 Å². The second-order valence-electron chi connectivity index (χ2n) is 16.9. The zero-order chi connectivity index (χ0) is 44.3. The summed E-state index contributed by atoms with van der Waals surface area (Å²) in [5, 5.41) is 9.76. The van der Waals surface area contributed by atoms with Gasteiger partial charge in [-0.25, -0.2) is 9.13 Å². The van der Waals surface area contributed by atoms with Crippen LogP contribution in [0.3, 0.4) is 0 Å². The number of phosphoric ester groups is 2. The summed E-state index contributed by atoms with van der Waals surface area (Å²) in [7, 11) is -9.68. The van der Waals surface area contributed by atoms with Crippen molar-refractivity contribution in [3.63, 3.8) is 0 Å². The molecule has 0 aliphatic carbocycles. The molecule has 16 heteroatoms. The lowest BCUT2D eigenvalue weighted by atomic mass is 10.0. The van der Waals surface area contributed by atoms with E-state index in [1.165, 1.54) is 89.9 Å². The number of ether oxygens (including phenoxy) is 3. The Morgan fingerprint density at radius 1 is 0.617 bits per heavy atom. The van der Waals surface area contributed by atoms with Crippen LogP contribution < -0.4 is 0 Å². The van der Waals surface area contributed by atoms with Crippen molar-refractivity contribution in [2.45, 2.75) is 225 Å². The van der Waals surface area contributed by atoms with Gasteiger partial charge in [0.2, 0.25) is 0 Å². The smallest absolute Gasteiger partial charge is 0.462 e. The van der Waals surface area contributed by atoms with Crippen molar-refractivity contribution in [3.05, 3.63) is 12.2 Å². The first kappa shape index (κ1) is 56.8. The fourth-order valence-corrected chi connectivity index (χ4v) is 7.99. The molecule has 0 spiro atoms. The maximum atomic E-state index is 12.7. The molecule has 4 N–H and O–H groups in total. The molecule has 5 atom stereocenters. The summed E-state index contributed by atoms with van der Waals surface area (Å²) in [4.78, 5) is 52.8. The van der Waals surface area contributed by atoms with Crippen LogP contribution in [0.2, 0.25) is 0 Å². The molecule has 0 aromatic heterocycles. The number of hydrogen-bond donors (Lipinski definition) is 4. The third kappa shape index (κ3) is 37.4. The molecule has 0 bridgehead atoms. The molecule has 1 aliphatic heterocycles. The number of hydrogen-bond acceptors (Lipinski definition) is 11. The highest BCUT2D eigenvalue weighted by atomic mass is 31.2. The fourth-order valence-electron chi connectivity index (χ4n) is 6.83. The molecule has 1 rings (SSSR count). The largest absolute Gasteiger partial charge is 0.472 e. The molecule has 1 heterocycles. The number of phosphoric acid groups is 2. The lowest BCUT2D eigenvalue weighted by Gasteiger charge is -2.20. The summed E-state index contributed by atoms with van der Waals surface area (Å²) in [6, 6.07) is 0. The predicted molar refractivity (Wildman–Crippen MR) is 234 cm³/mol. The average Bonchev–Trinajstić information content (AvgIpc) is 3.95. The van der Waals surface area contributed by atoms with E-state index in [9.17, 15) is 28.7 Å². The number of carbonyl (C=O) groups excluding carboxylic acids is 2. The molecule has 0 aromatic carbocycles. The minimum atomic E-state index is -4.87. The quantitative estimate of drug-likeness (QED) is 0.0148. The molecule has 1 aliphatic rings. The normalized spacial score (nSPS) is 17.5. The third-order valence-electron chi connectivity index (χ3n) is 10.5. The minimum Gasteiger partial charge on any atom is -0.462 e. The molecule has 354 valence electrons. The number of aliphatic hydroxyl groups is 1. The molecule has 0 radical (unpaired) electrons. The van der Waals surface area contributed by atoms with Gasteiger partial charge in [0, 0.05) is 12.8 Å². The number of allylic oxidation sites excluding steroid dienone is 1. The second-order valence-corrected chi connectivity index (χ2v) is 19.6. The zero-order valence-electron chi connectivity index (χ0n) is 37.4. The molecule has 0 aromatic rings. The maximum Gasteiger partial charge on any atom is 0.472 e. The first-order valence-corrected chi connectivity index (χ1v) is 26.4. The van der Waals surface area contributed by atoms with Gasteiger partial charge in [-0.05, 0) is 44.4 Å². The summed E-state index contributed by atoms with van der Waals surface area (Å²) in [5.41, 5.74) is 0. The van der Waals surface area contributed by atoms with E-state index in [1.807, 2.05) is 0 Å². The Labute approximate surface area is 362 Å². The summed E-state index contributed by atoms with van der Waals surface area (Å²) >= 11 is 0. The van der Waals surface area contributed by atoms with Gasteiger partial charge in [0.05, 0.1) is 32.0 Å². The summed E-state index contributed by atoms with van der Waals surface area (Å²) in [6.07, 6.45) is 32.2. The zero-order valence-corrected chi connectivity index (χ0v) is 39.2. The monoisotopic (exact) mass is 899 g/mol. The van der Waals surface area contributed by atoms with Crippen LogP contribution in [0.15, 0.2) is 12.2 Å². The first-order chi connectivity index (χ1) is 28.7. The Morgan fingerprint density at radius 2 is 1.13 bits per heavy atom. The van der Waals surface area contributed by atoms with Crippen molar-refractivity contribution in [3.8, 4) is 0 Å². The third-order valence-corrected chi connectivity index (χ3v) is 11.9. The van der Waals surface area contributed by atoms with Gasteiger partial charge in [-0.2, -0.15) is 0 Å². The van der Waals surface area contributed by atoms with Gasteiger partial charge in [-0.1, -0.05) is 161 Å². The number of carbonyl (C=O) groups is 2. The minimum absolute atomic E-state index is 0.112. The Balaban J connectivity index is 2.32. The lowest BCUT2D eigenvalue weighted by Crippen LogP contribution is -2.30. The van der Waals surface area contributed by atoms with Crippen molar-refractivity contribution in [2.75, 3.05) is 26.4 Å². The molecule has 3 unspecified atom stereocenters. The average molecular weight is 899 g/mol. The first-order valence-electron chi connectivity index (χ1n) is 23.4. The van der Waals surface area contributed by atoms with Crippen LogP contribution in [-0.4, -0.2) is 82.6 Å². The van der Waals surface area contributed by atoms with Crippen molar-refractivity contribution < 1.29 is 66.3 Å². The van der Waals surface area contributed by atoms with E-state index in [1.54, 1.807) is 0 Å². The molecule has 0 saturated carbocycles. The lowest BCUT2D eigenvalue weighted by molar-refractivity contribution is -0.161. The standard InChI is InChI=1S/C44H84O14P2/c1-4-5-6-7-20-25-30-41-42(58-41)31-26-21-18-23-28-33-44(47)57-40(37-56-60(51,52)55-35-39(45)34-54-59(48,49)50)36-53-43(46)32-27-22-17-15-13-11-9-8-10-12-14-16-19-24-29-38(2)3/h20,25,38-42,45H,4-19,21-24,26-37H2,1-3H3,(H,51,52)(H2,48,49,50)/b25-20-/t39-,40+,41?,42?/m0/s1. The fraction of sp³-hybridized carbons (Fsp3) is 0.909. The summed E-state index contributed by atoms with van der Waals surface area (Å²) in [5.74, 6) is -0.234. The highest BCUT2D eigenvalue weighted by Gasteiger charge is 2.36. The van der Waals surface area contributed by atoms with Crippen molar-refractivity contribution in [1.29, 1.82) is 0 Å². The molecule has 1 saturated heterocycles. The molecule has 0 amide bonds. The van der Waals surface area contributed by atoms with Crippen LogP contribution in [0, 0.1) is 5.92 Å². The Bertz CT molecular complexity index is 1200. The highest BCUT2D eigenvalue weighted by molar-refractivity contribution is 7.47. The van der Waals surface area contributed by atoms with Crippen molar-refractivity contribution >= 4 is 27.6 Å². The van der Waals surface area contributed by atoms with Gasteiger partial charge in [-0.3, -0.25) is 23.2 Å². The van der Waals surface area contributed by atoms with Crippen molar-refractivity contribution in [1.82, 2.24) is 0 Å². The van der Waals surface area contributed by atoms with Gasteiger partial charge < -0.3 is 34.0 Å². The van der Waals surface area contributed by atoms with E-state index >= 15 is 0 Å². The van der Waals surface area contributed by atoms with E-state index < -0.39 is 59.6 Å². The van der Waals surface area contributed by atoms with Gasteiger partial charge in [0.1, 0.15) is 12.7 Å². The number of aliphatic hydroxyl groups excluding tert-OH is 1. The second kappa shape index (κ2) is 36.2. The maximum absolute atomic E-state index is 12.7.